The second-order valence-electron chi connectivity index (χ2n) is 32.7. The molecule has 0 bridgehead atoms. The quantitative estimate of drug-likeness (QED) is 0.136. The summed E-state index contributed by atoms with van der Waals surface area (Å²) in [6.45, 7) is 37.6. The highest BCUT2D eigenvalue weighted by atomic mass is 79.9. The maximum absolute atomic E-state index is 11.3. The fourth-order valence-corrected chi connectivity index (χ4v) is 12.3. The van der Waals surface area contributed by atoms with Gasteiger partial charge in [-0.3, -0.25) is 0 Å². The number of phenols is 2. The molecule has 0 aliphatic heterocycles. The lowest BCUT2D eigenvalue weighted by Crippen LogP contribution is -2.00. The first-order chi connectivity index (χ1) is 53.0. The van der Waals surface area contributed by atoms with Crippen molar-refractivity contribution in [2.45, 2.75) is 125 Å². The molecule has 6 nitrogen and oxygen atoms in total. The standard InChI is InChI=1S/C76H72N2O.C16H9Br3N2O.C12H6/c1-71(2,3)37-31-58-43-54(44-59(49-58)32-38-72(4,5)6)23-24-57-52-65(27-25-55-45-60(33-39-73(7,8)9)50-61(46-55)34-40-74(10,11)12)69(77-78-70-67-22-20-19-21-64(67)29-30-68(70)79)66(53-57)28-26-56-47-62(35-41-75(13,14)15)51-63(48-56)36-42-76(16,17)18;17-10-7-12(18)16(13(19)8-10)21-20-15-11-4-2-1-3-9(11)5-6-14(15)22;1-4-10-7-11(5-2)9-12(6-3)8-10/h19-22,29-30,43-53,79H,1-18H3;1-8,22H;1-3,7-9H. The molecular weight excluding hydrogens is 1580 g/mol. The van der Waals surface area contributed by atoms with Gasteiger partial charge in [0, 0.05) is 129 Å². The first-order valence-electron chi connectivity index (χ1n) is 36.4. The minimum Gasteiger partial charge on any atom is -0.506 e. The Balaban J connectivity index is 0.000000380. The molecule has 9 heteroatoms. The summed E-state index contributed by atoms with van der Waals surface area (Å²) in [5.74, 6) is 68.9. The third kappa shape index (κ3) is 28.5. The molecule has 0 unspecified atom stereocenters. The van der Waals surface area contributed by atoms with Crippen molar-refractivity contribution >= 4 is 92.1 Å². The lowest BCUT2D eigenvalue weighted by molar-refractivity contribution is 0.476. The number of rotatable bonds is 4. The summed E-state index contributed by atoms with van der Waals surface area (Å²) < 4.78 is 2.53. The van der Waals surface area contributed by atoms with Crippen LogP contribution in [0, 0.1) is 176 Å². The number of halogens is 3. The topological polar surface area (TPSA) is 89.9 Å². The van der Waals surface area contributed by atoms with E-state index in [1.54, 1.807) is 30.3 Å². The summed E-state index contributed by atoms with van der Waals surface area (Å²) in [4.78, 5) is 0. The summed E-state index contributed by atoms with van der Waals surface area (Å²) >= 11 is 10.3. The number of hydrogen-bond acceptors (Lipinski definition) is 6. The van der Waals surface area contributed by atoms with Gasteiger partial charge in [-0.15, -0.1) is 39.7 Å². The van der Waals surface area contributed by atoms with Gasteiger partial charge in [-0.2, -0.15) is 0 Å². The SMILES string of the molecule is C#Cc1cc(C#C)cc(C#C)c1.CC(C)(C)C#Cc1cc(C#Cc2cc(C#Cc3cc(C#CC(C)(C)C)cc(C#CC(C)(C)C)c3)c(N=Nc3c(O)ccc4ccccc34)c(C#Cc3cc(C#CC(C)(C)C)cc(C#CC(C)(C)C)c3)c2)cc(C#CC(C)(C)C)c1.Oc1ccc2ccccc2c1N=Nc1c(Br)cc(Br)cc1Br. The fraction of sp³-hybridized carbons (Fsp3) is 0.231. The monoisotopic (exact) mass is 1660 g/mol. The molecule has 0 aromatic heterocycles. The van der Waals surface area contributed by atoms with Gasteiger partial charge in [-0.1, -0.05) is 201 Å². The third-order valence-corrected chi connectivity index (χ3v) is 16.8. The Hall–Kier alpha value is -12.3. The summed E-state index contributed by atoms with van der Waals surface area (Å²) in [6.07, 6.45) is 15.6. The van der Waals surface area contributed by atoms with Crippen LogP contribution in [0.5, 0.6) is 11.5 Å². The largest absolute Gasteiger partial charge is 0.506 e. The molecule has 0 atom stereocenters. The summed E-state index contributed by atoms with van der Waals surface area (Å²) in [7, 11) is 0. The average molecular weight is 1660 g/mol. The van der Waals surface area contributed by atoms with Crippen LogP contribution in [-0.2, 0) is 0 Å². The van der Waals surface area contributed by atoms with Crippen LogP contribution < -0.4 is 0 Å². The van der Waals surface area contributed by atoms with Gasteiger partial charge < -0.3 is 10.2 Å². The van der Waals surface area contributed by atoms with Gasteiger partial charge in [0.25, 0.3) is 0 Å². The van der Waals surface area contributed by atoms with Crippen molar-refractivity contribution in [1.29, 1.82) is 0 Å². The molecule has 0 heterocycles. The van der Waals surface area contributed by atoms with Crippen LogP contribution in [-0.4, -0.2) is 10.2 Å². The van der Waals surface area contributed by atoms with E-state index in [0.29, 0.717) is 50.6 Å². The van der Waals surface area contributed by atoms with E-state index in [2.05, 4.69) is 307 Å². The molecular formula is C104H87Br3N4O2. The minimum atomic E-state index is -0.221. The molecule has 556 valence electrons. The maximum atomic E-state index is 11.3. The highest BCUT2D eigenvalue weighted by Crippen LogP contribution is 2.42. The lowest BCUT2D eigenvalue weighted by atomic mass is 9.95. The molecule has 10 aromatic rings. The van der Waals surface area contributed by atoms with Crippen LogP contribution in [0.3, 0.4) is 0 Å². The van der Waals surface area contributed by atoms with Crippen molar-refractivity contribution < 1.29 is 10.2 Å². The first kappa shape index (κ1) is 86.3. The van der Waals surface area contributed by atoms with E-state index in [1.165, 1.54) is 0 Å². The molecule has 0 saturated heterocycles. The van der Waals surface area contributed by atoms with E-state index < -0.39 is 0 Å². The van der Waals surface area contributed by atoms with Crippen molar-refractivity contribution in [1.82, 2.24) is 0 Å². The number of benzene rings is 10. The molecule has 0 radical (unpaired) electrons. The van der Waals surface area contributed by atoms with E-state index in [0.717, 1.165) is 90.6 Å². The summed E-state index contributed by atoms with van der Waals surface area (Å²) in [5.41, 5.74) is 11.4. The van der Waals surface area contributed by atoms with Gasteiger partial charge in [-0.05, 0) is 276 Å². The molecule has 113 heavy (non-hydrogen) atoms. The van der Waals surface area contributed by atoms with Crippen LogP contribution in [0.1, 0.15) is 208 Å². The van der Waals surface area contributed by atoms with E-state index in [-0.39, 0.29) is 44.0 Å². The Morgan fingerprint density at radius 2 is 0.487 bits per heavy atom. The summed E-state index contributed by atoms with van der Waals surface area (Å²) in [6, 6.07) is 53.3. The van der Waals surface area contributed by atoms with Gasteiger partial charge in [-0.25, -0.2) is 0 Å². The normalized spacial score (nSPS) is 10.9. The van der Waals surface area contributed by atoms with E-state index in [9.17, 15) is 10.2 Å². The zero-order valence-corrected chi connectivity index (χ0v) is 72.0. The van der Waals surface area contributed by atoms with E-state index in [1.807, 2.05) is 140 Å². The van der Waals surface area contributed by atoms with Gasteiger partial charge in [0.2, 0.25) is 0 Å². The lowest BCUT2D eigenvalue weighted by Gasteiger charge is -2.08. The zero-order valence-electron chi connectivity index (χ0n) is 67.2. The van der Waals surface area contributed by atoms with E-state index in [4.69, 9.17) is 29.5 Å². The average Bonchev–Trinajstić information content (AvgIpc) is 0.753. The van der Waals surface area contributed by atoms with Gasteiger partial charge in [0.05, 0.1) is 11.1 Å². The number of fused-ring (bicyclic) bond motifs is 2. The van der Waals surface area contributed by atoms with E-state index >= 15 is 0 Å². The molecule has 0 amide bonds. The Labute approximate surface area is 696 Å². The fourth-order valence-electron chi connectivity index (χ4n) is 9.92. The van der Waals surface area contributed by atoms with Crippen molar-refractivity contribution in [3.8, 4) is 155 Å². The molecule has 10 aromatic carbocycles. The molecule has 0 spiro atoms. The Morgan fingerprint density at radius 3 is 0.761 bits per heavy atom. The van der Waals surface area contributed by atoms with Crippen LogP contribution in [0.2, 0.25) is 0 Å². The number of aromatic hydroxyl groups is 2. The Bertz CT molecular complexity index is 5820. The van der Waals surface area contributed by atoms with Gasteiger partial charge in [0.1, 0.15) is 34.2 Å². The Morgan fingerprint density at radius 1 is 0.257 bits per heavy atom. The van der Waals surface area contributed by atoms with Crippen molar-refractivity contribution in [3.05, 3.63) is 267 Å². The van der Waals surface area contributed by atoms with Gasteiger partial charge >= 0.3 is 0 Å². The number of azo groups is 2. The molecule has 0 fully saturated rings. The smallest absolute Gasteiger partial charge is 0.143 e. The van der Waals surface area contributed by atoms with Crippen LogP contribution in [0.4, 0.5) is 22.7 Å². The highest BCUT2D eigenvalue weighted by molar-refractivity contribution is 9.11. The molecule has 0 aliphatic rings. The van der Waals surface area contributed by atoms with Crippen LogP contribution >= 0.6 is 47.8 Å². The predicted octanol–water partition coefficient (Wildman–Crippen LogP) is 26.4. The third-order valence-electron chi connectivity index (χ3n) is 15.1. The number of nitrogens with zero attached hydrogens (tertiary/aromatic N) is 4. The van der Waals surface area contributed by atoms with Crippen molar-refractivity contribution in [3.63, 3.8) is 0 Å². The summed E-state index contributed by atoms with van der Waals surface area (Å²) in [5, 5.41) is 43.2. The molecule has 0 saturated carbocycles. The predicted molar refractivity (Wildman–Crippen MR) is 481 cm³/mol. The first-order valence-corrected chi connectivity index (χ1v) is 38.8. The number of hydrogen-bond donors (Lipinski definition) is 2. The molecule has 2 N–H and O–H groups in total. The second-order valence-corrected chi connectivity index (χ2v) is 35.4. The maximum Gasteiger partial charge on any atom is 0.143 e. The zero-order chi connectivity index (χ0) is 82.6. The highest BCUT2D eigenvalue weighted by Gasteiger charge is 2.16. The van der Waals surface area contributed by atoms with Gasteiger partial charge in [0.15, 0.2) is 0 Å². The molecule has 10 rings (SSSR count). The van der Waals surface area contributed by atoms with Crippen LogP contribution in [0.15, 0.2) is 204 Å². The number of phenolic OH excluding ortho intramolecular Hbond substituents is 2. The second kappa shape index (κ2) is 37.6. The van der Waals surface area contributed by atoms with Crippen LogP contribution in [0.25, 0.3) is 21.5 Å². The molecule has 0 aliphatic carbocycles. The van der Waals surface area contributed by atoms with Crippen molar-refractivity contribution in [2.75, 3.05) is 0 Å². The van der Waals surface area contributed by atoms with Crippen molar-refractivity contribution in [2.24, 2.45) is 52.9 Å². The minimum absolute atomic E-state index is 0.0136. The number of terminal acetylenes is 3. The Kier molecular flexibility index (Phi) is 28.7.